The van der Waals surface area contributed by atoms with Gasteiger partial charge in [0.1, 0.15) is 0 Å². The first-order valence-electron chi connectivity index (χ1n) is 5.16. The summed E-state index contributed by atoms with van der Waals surface area (Å²) in [6.07, 6.45) is 1.44. The molecule has 0 saturated heterocycles. The summed E-state index contributed by atoms with van der Waals surface area (Å²) in [6.45, 7) is 2.07. The average Bonchev–Trinajstić information content (AvgIpc) is 2.36. The van der Waals surface area contributed by atoms with Gasteiger partial charge in [0.15, 0.2) is 0 Å². The van der Waals surface area contributed by atoms with Crippen molar-refractivity contribution < 1.29 is 14.6 Å². The molecule has 0 amide bonds. The van der Waals surface area contributed by atoms with Crippen LogP contribution in [0.1, 0.15) is 17.3 Å². The number of hydrogen-bond acceptors (Lipinski definition) is 6. The van der Waals surface area contributed by atoms with Crippen molar-refractivity contribution in [3.05, 3.63) is 17.8 Å². The lowest BCUT2D eigenvalue weighted by atomic mass is 10.2. The third kappa shape index (κ3) is 3.90. The molecule has 3 N–H and O–H groups in total. The largest absolute Gasteiger partial charge is 0.465 e. The summed E-state index contributed by atoms with van der Waals surface area (Å²) in [5, 5.41) is 9.60. The molecule has 0 fully saturated rings. The second-order valence-corrected chi connectivity index (χ2v) is 4.74. The molecular formula is C11H16N2O3S. The lowest BCUT2D eigenvalue weighted by molar-refractivity contribution is 0.0601. The van der Waals surface area contributed by atoms with Gasteiger partial charge in [-0.1, -0.05) is 6.92 Å². The summed E-state index contributed by atoms with van der Waals surface area (Å²) in [7, 11) is 1.31. The first-order chi connectivity index (χ1) is 8.08. The number of thioether (sulfide) groups is 1. The summed E-state index contributed by atoms with van der Waals surface area (Å²) < 4.78 is 4.62. The Kier molecular flexibility index (Phi) is 5.24. The van der Waals surface area contributed by atoms with E-state index in [1.807, 2.05) is 6.92 Å². The number of aliphatic hydroxyl groups is 1. The van der Waals surface area contributed by atoms with Crippen molar-refractivity contribution in [1.29, 1.82) is 0 Å². The van der Waals surface area contributed by atoms with Crippen LogP contribution in [0.3, 0.4) is 0 Å². The number of nitrogens with two attached hydrogens (primary N) is 1. The average molecular weight is 256 g/mol. The van der Waals surface area contributed by atoms with Crippen molar-refractivity contribution in [1.82, 2.24) is 4.98 Å². The summed E-state index contributed by atoms with van der Waals surface area (Å²) in [5.41, 5.74) is 6.26. The maximum Gasteiger partial charge on any atom is 0.340 e. The molecule has 0 bridgehead atoms. The van der Waals surface area contributed by atoms with Gasteiger partial charge in [-0.05, 0) is 12.0 Å². The van der Waals surface area contributed by atoms with Gasteiger partial charge >= 0.3 is 5.97 Å². The second kappa shape index (κ2) is 6.46. The van der Waals surface area contributed by atoms with Gasteiger partial charge in [-0.25, -0.2) is 9.78 Å². The highest BCUT2D eigenvalue weighted by molar-refractivity contribution is 7.99. The van der Waals surface area contributed by atoms with E-state index in [1.165, 1.54) is 25.1 Å². The van der Waals surface area contributed by atoms with Gasteiger partial charge in [-0.15, -0.1) is 11.8 Å². The third-order valence-corrected chi connectivity index (χ3v) is 3.40. The summed E-state index contributed by atoms with van der Waals surface area (Å²) in [6, 6.07) is 1.61. The second-order valence-electron chi connectivity index (χ2n) is 3.70. The van der Waals surface area contributed by atoms with Crippen LogP contribution in [0.4, 0.5) is 5.69 Å². The molecule has 0 aromatic carbocycles. The highest BCUT2D eigenvalue weighted by Crippen LogP contribution is 2.22. The van der Waals surface area contributed by atoms with Gasteiger partial charge in [-0.3, -0.25) is 0 Å². The van der Waals surface area contributed by atoms with Crippen LogP contribution in [-0.2, 0) is 4.74 Å². The molecule has 0 spiro atoms. The number of hydrogen-bond donors (Lipinski definition) is 2. The van der Waals surface area contributed by atoms with Crippen molar-refractivity contribution in [3.63, 3.8) is 0 Å². The number of nitrogens with zero attached hydrogens (tertiary/aromatic N) is 1. The Morgan fingerprint density at radius 1 is 1.71 bits per heavy atom. The summed E-state index contributed by atoms with van der Waals surface area (Å²) >= 11 is 1.47. The molecule has 0 aliphatic heterocycles. The van der Waals surface area contributed by atoms with E-state index in [0.717, 1.165) is 5.75 Å². The number of pyridine rings is 1. The zero-order valence-electron chi connectivity index (χ0n) is 9.84. The number of aliphatic hydroxyl groups excluding tert-OH is 1. The van der Waals surface area contributed by atoms with E-state index in [9.17, 15) is 4.79 Å². The number of anilines is 1. The number of esters is 1. The van der Waals surface area contributed by atoms with Gasteiger partial charge in [0, 0.05) is 12.4 Å². The molecule has 1 heterocycles. The highest BCUT2D eigenvalue weighted by Gasteiger charge is 2.12. The summed E-state index contributed by atoms with van der Waals surface area (Å²) in [5.74, 6) is 0.441. The number of methoxy groups -OCH3 is 1. The van der Waals surface area contributed by atoms with E-state index < -0.39 is 5.97 Å². The molecule has 6 heteroatoms. The highest BCUT2D eigenvalue weighted by atomic mass is 32.2. The predicted octanol–water partition coefficient (Wildman–Crippen LogP) is 1.17. The molecule has 1 unspecified atom stereocenters. The first-order valence-corrected chi connectivity index (χ1v) is 6.14. The van der Waals surface area contributed by atoms with Crippen molar-refractivity contribution in [2.75, 3.05) is 25.2 Å². The Hall–Kier alpha value is -1.27. The van der Waals surface area contributed by atoms with Crippen LogP contribution >= 0.6 is 11.8 Å². The SMILES string of the molecule is COC(=O)c1cc(SCC(C)CO)ncc1N. The minimum absolute atomic E-state index is 0.131. The topological polar surface area (TPSA) is 85.4 Å². The number of nitrogen functional groups attached to an aromatic ring is 1. The fourth-order valence-corrected chi connectivity index (χ4v) is 1.98. The summed E-state index contributed by atoms with van der Waals surface area (Å²) in [4.78, 5) is 15.5. The minimum Gasteiger partial charge on any atom is -0.465 e. The number of ether oxygens (including phenoxy) is 1. The van der Waals surface area contributed by atoms with Gasteiger partial charge in [0.25, 0.3) is 0 Å². The van der Waals surface area contributed by atoms with Crippen LogP contribution < -0.4 is 5.73 Å². The molecule has 0 radical (unpaired) electrons. The zero-order chi connectivity index (χ0) is 12.8. The molecule has 0 aliphatic carbocycles. The Morgan fingerprint density at radius 2 is 2.41 bits per heavy atom. The molecular weight excluding hydrogens is 240 g/mol. The molecule has 5 nitrogen and oxygen atoms in total. The van der Waals surface area contributed by atoms with Gasteiger partial charge < -0.3 is 15.6 Å². The molecule has 0 saturated carbocycles. The van der Waals surface area contributed by atoms with Crippen LogP contribution in [0.15, 0.2) is 17.3 Å². The molecule has 17 heavy (non-hydrogen) atoms. The molecule has 1 atom stereocenters. The van der Waals surface area contributed by atoms with Crippen LogP contribution in [0.5, 0.6) is 0 Å². The molecule has 94 valence electrons. The van der Waals surface area contributed by atoms with E-state index in [-0.39, 0.29) is 12.5 Å². The van der Waals surface area contributed by atoms with E-state index in [0.29, 0.717) is 16.3 Å². The van der Waals surface area contributed by atoms with Crippen molar-refractivity contribution in [2.24, 2.45) is 5.92 Å². The molecule has 0 aliphatic rings. The Labute approximate surface area is 104 Å². The van der Waals surface area contributed by atoms with Gasteiger partial charge in [0.05, 0.1) is 29.6 Å². The Bertz CT molecular complexity index is 398. The lowest BCUT2D eigenvalue weighted by Crippen LogP contribution is -2.07. The third-order valence-electron chi connectivity index (χ3n) is 2.14. The number of aromatic nitrogens is 1. The lowest BCUT2D eigenvalue weighted by Gasteiger charge is -2.08. The molecule has 1 rings (SSSR count). The smallest absolute Gasteiger partial charge is 0.340 e. The van der Waals surface area contributed by atoms with E-state index in [4.69, 9.17) is 10.8 Å². The van der Waals surface area contributed by atoms with Crippen LogP contribution in [0.2, 0.25) is 0 Å². The molecule has 1 aromatic rings. The first kappa shape index (κ1) is 13.8. The normalized spacial score (nSPS) is 12.2. The van der Waals surface area contributed by atoms with Crippen LogP contribution in [0, 0.1) is 5.92 Å². The monoisotopic (exact) mass is 256 g/mol. The van der Waals surface area contributed by atoms with Crippen LogP contribution in [0.25, 0.3) is 0 Å². The van der Waals surface area contributed by atoms with Crippen molar-refractivity contribution in [2.45, 2.75) is 11.9 Å². The number of rotatable bonds is 5. The van der Waals surface area contributed by atoms with E-state index in [2.05, 4.69) is 9.72 Å². The standard InChI is InChI=1S/C11H16N2O3S/c1-7(5-14)6-17-10-3-8(11(15)16-2)9(12)4-13-10/h3-4,7,14H,5-6,12H2,1-2H3. The Balaban J connectivity index is 2.78. The zero-order valence-corrected chi connectivity index (χ0v) is 10.7. The predicted molar refractivity (Wildman–Crippen MR) is 67.0 cm³/mol. The number of carbonyl (C=O) groups excluding carboxylic acids is 1. The van der Waals surface area contributed by atoms with E-state index in [1.54, 1.807) is 6.07 Å². The molecule has 1 aromatic heterocycles. The fourth-order valence-electron chi connectivity index (χ4n) is 1.09. The number of carbonyl (C=O) groups is 1. The van der Waals surface area contributed by atoms with Crippen LogP contribution in [-0.4, -0.2) is 35.5 Å². The maximum absolute atomic E-state index is 11.4. The van der Waals surface area contributed by atoms with Crippen molar-refractivity contribution >= 4 is 23.4 Å². The van der Waals surface area contributed by atoms with Gasteiger partial charge in [-0.2, -0.15) is 0 Å². The van der Waals surface area contributed by atoms with E-state index >= 15 is 0 Å². The minimum atomic E-state index is -0.470. The van der Waals surface area contributed by atoms with Gasteiger partial charge in [0.2, 0.25) is 0 Å². The quantitative estimate of drug-likeness (QED) is 0.607. The Morgan fingerprint density at radius 3 is 3.00 bits per heavy atom. The van der Waals surface area contributed by atoms with Crippen molar-refractivity contribution in [3.8, 4) is 0 Å². The fraction of sp³-hybridized carbons (Fsp3) is 0.455. The maximum atomic E-state index is 11.4.